The number of nitrogens with zero attached hydrogens (tertiary/aromatic N) is 1. The molecule has 3 aromatic carbocycles. The molecule has 0 unspecified atom stereocenters. The molecule has 4 heteroatoms. The second kappa shape index (κ2) is 6.63. The van der Waals surface area contributed by atoms with Gasteiger partial charge in [-0.05, 0) is 35.7 Å². The summed E-state index contributed by atoms with van der Waals surface area (Å²) in [6.07, 6.45) is 0. The van der Waals surface area contributed by atoms with E-state index in [4.69, 9.17) is 14.7 Å². The van der Waals surface area contributed by atoms with Gasteiger partial charge in [0.05, 0.1) is 11.6 Å². The molecule has 0 amide bonds. The van der Waals surface area contributed by atoms with E-state index < -0.39 is 5.97 Å². The monoisotopic (exact) mass is 303 g/mol. The molecule has 0 spiro atoms. The lowest BCUT2D eigenvalue weighted by atomic mass is 10.1. The van der Waals surface area contributed by atoms with Gasteiger partial charge in [0, 0.05) is 5.39 Å². The Morgan fingerprint density at radius 2 is 1.70 bits per heavy atom. The number of carbonyl (C=O) groups excluding carboxylic acids is 1. The van der Waals surface area contributed by atoms with Crippen LogP contribution in [-0.4, -0.2) is 12.6 Å². The van der Waals surface area contributed by atoms with Crippen molar-refractivity contribution in [2.75, 3.05) is 6.61 Å². The molecule has 0 aliphatic carbocycles. The number of ether oxygens (including phenoxy) is 2. The molecule has 23 heavy (non-hydrogen) atoms. The summed E-state index contributed by atoms with van der Waals surface area (Å²) in [5.74, 6) is 0.543. The molecule has 0 bridgehead atoms. The van der Waals surface area contributed by atoms with Gasteiger partial charge in [0.2, 0.25) is 0 Å². The van der Waals surface area contributed by atoms with E-state index in [0.717, 1.165) is 10.8 Å². The van der Waals surface area contributed by atoms with Crippen LogP contribution >= 0.6 is 0 Å². The lowest BCUT2D eigenvalue weighted by Crippen LogP contribution is -2.17. The summed E-state index contributed by atoms with van der Waals surface area (Å²) in [5.41, 5.74) is 0.538. The molecular weight excluding hydrogens is 290 g/mol. The van der Waals surface area contributed by atoms with Crippen molar-refractivity contribution < 1.29 is 14.3 Å². The highest BCUT2D eigenvalue weighted by Crippen LogP contribution is 2.25. The minimum Gasteiger partial charge on any atom is -0.482 e. The van der Waals surface area contributed by atoms with Crippen LogP contribution in [-0.2, 0) is 4.79 Å². The maximum atomic E-state index is 12.0. The SMILES string of the molecule is N#Cc1ccc(OCC(=O)Oc2cccc3ccccc23)cc1. The molecule has 0 aliphatic heterocycles. The van der Waals surface area contributed by atoms with Gasteiger partial charge in [-0.15, -0.1) is 0 Å². The molecule has 0 radical (unpaired) electrons. The van der Waals surface area contributed by atoms with Crippen LogP contribution in [0.3, 0.4) is 0 Å². The third-order valence-corrected chi connectivity index (χ3v) is 3.31. The Hall–Kier alpha value is -3.32. The maximum absolute atomic E-state index is 12.0. The van der Waals surface area contributed by atoms with Crippen LogP contribution < -0.4 is 9.47 Å². The van der Waals surface area contributed by atoms with Crippen molar-refractivity contribution >= 4 is 16.7 Å². The average molecular weight is 303 g/mol. The van der Waals surface area contributed by atoms with E-state index in [2.05, 4.69) is 0 Å². The Bertz CT molecular complexity index is 874. The molecule has 4 nitrogen and oxygen atoms in total. The average Bonchev–Trinajstić information content (AvgIpc) is 2.61. The van der Waals surface area contributed by atoms with Crippen molar-refractivity contribution in [1.82, 2.24) is 0 Å². The third-order valence-electron chi connectivity index (χ3n) is 3.31. The lowest BCUT2D eigenvalue weighted by molar-refractivity contribution is -0.136. The molecule has 0 atom stereocenters. The van der Waals surface area contributed by atoms with Crippen LogP contribution in [0.25, 0.3) is 10.8 Å². The van der Waals surface area contributed by atoms with Gasteiger partial charge in [-0.25, -0.2) is 4.79 Å². The molecule has 0 saturated heterocycles. The molecule has 0 N–H and O–H groups in total. The second-order valence-electron chi connectivity index (χ2n) is 4.88. The summed E-state index contributed by atoms with van der Waals surface area (Å²) in [7, 11) is 0. The number of carbonyl (C=O) groups is 1. The zero-order chi connectivity index (χ0) is 16.1. The van der Waals surface area contributed by atoms with Crippen molar-refractivity contribution in [1.29, 1.82) is 5.26 Å². The zero-order valence-corrected chi connectivity index (χ0v) is 12.2. The minimum absolute atomic E-state index is 0.199. The quantitative estimate of drug-likeness (QED) is 0.545. The van der Waals surface area contributed by atoms with Crippen molar-refractivity contribution in [2.45, 2.75) is 0 Å². The summed E-state index contributed by atoms with van der Waals surface area (Å²) in [6.45, 7) is -0.199. The Morgan fingerprint density at radius 1 is 0.957 bits per heavy atom. The fourth-order valence-corrected chi connectivity index (χ4v) is 2.20. The van der Waals surface area contributed by atoms with Crippen molar-refractivity contribution in [3.63, 3.8) is 0 Å². The highest BCUT2D eigenvalue weighted by Gasteiger charge is 2.09. The van der Waals surface area contributed by atoms with Gasteiger partial charge in [-0.2, -0.15) is 5.26 Å². The highest BCUT2D eigenvalue weighted by atomic mass is 16.6. The van der Waals surface area contributed by atoms with E-state index in [1.807, 2.05) is 42.5 Å². The van der Waals surface area contributed by atoms with Crippen molar-refractivity contribution in [2.24, 2.45) is 0 Å². The first kappa shape index (κ1) is 14.6. The molecule has 0 aliphatic rings. The number of rotatable bonds is 4. The van der Waals surface area contributed by atoms with Crippen LogP contribution in [0, 0.1) is 11.3 Å². The maximum Gasteiger partial charge on any atom is 0.349 e. The number of hydrogen-bond donors (Lipinski definition) is 0. The van der Waals surface area contributed by atoms with Crippen molar-refractivity contribution in [3.05, 3.63) is 72.3 Å². The van der Waals surface area contributed by atoms with Gasteiger partial charge >= 0.3 is 5.97 Å². The second-order valence-corrected chi connectivity index (χ2v) is 4.88. The molecule has 0 aromatic heterocycles. The molecule has 0 fully saturated rings. The summed E-state index contributed by atoms with van der Waals surface area (Å²) < 4.78 is 10.7. The third kappa shape index (κ3) is 3.47. The summed E-state index contributed by atoms with van der Waals surface area (Å²) in [6, 6.07) is 21.8. The van der Waals surface area contributed by atoms with Gasteiger partial charge in [0.25, 0.3) is 0 Å². The van der Waals surface area contributed by atoms with Gasteiger partial charge in [-0.1, -0.05) is 36.4 Å². The molecule has 3 rings (SSSR count). The smallest absolute Gasteiger partial charge is 0.349 e. The Labute approximate surface area is 133 Å². The molecule has 3 aromatic rings. The zero-order valence-electron chi connectivity index (χ0n) is 12.2. The van der Waals surface area contributed by atoms with Crippen LogP contribution in [0.2, 0.25) is 0 Å². The van der Waals surface area contributed by atoms with E-state index in [9.17, 15) is 4.79 Å². The van der Waals surface area contributed by atoms with E-state index in [1.54, 1.807) is 30.3 Å². The Morgan fingerprint density at radius 3 is 2.48 bits per heavy atom. The predicted molar refractivity (Wildman–Crippen MR) is 86.2 cm³/mol. The Balaban J connectivity index is 1.65. The van der Waals surface area contributed by atoms with Crippen molar-refractivity contribution in [3.8, 4) is 17.6 Å². The van der Waals surface area contributed by atoms with Crippen LogP contribution in [0.1, 0.15) is 5.56 Å². The van der Waals surface area contributed by atoms with Gasteiger partial charge in [0.1, 0.15) is 11.5 Å². The number of fused-ring (bicyclic) bond motifs is 1. The van der Waals surface area contributed by atoms with Crippen LogP contribution in [0.15, 0.2) is 66.7 Å². The standard InChI is InChI=1S/C19H13NO3/c20-12-14-8-10-16(11-9-14)22-13-19(21)23-18-7-3-5-15-4-1-2-6-17(15)18/h1-11H,13H2. The van der Waals surface area contributed by atoms with Gasteiger partial charge in [-0.3, -0.25) is 0 Å². The lowest BCUT2D eigenvalue weighted by Gasteiger charge is -2.09. The topological polar surface area (TPSA) is 59.3 Å². The molecule has 112 valence electrons. The predicted octanol–water partition coefficient (Wildman–Crippen LogP) is 3.70. The Kier molecular flexibility index (Phi) is 4.21. The summed E-state index contributed by atoms with van der Waals surface area (Å²) in [4.78, 5) is 12.0. The van der Waals surface area contributed by atoms with E-state index in [-0.39, 0.29) is 6.61 Å². The van der Waals surface area contributed by atoms with Gasteiger partial charge in [0.15, 0.2) is 6.61 Å². The molecule has 0 heterocycles. The fourth-order valence-electron chi connectivity index (χ4n) is 2.20. The number of hydrogen-bond acceptors (Lipinski definition) is 4. The first-order valence-corrected chi connectivity index (χ1v) is 7.08. The van der Waals surface area contributed by atoms with Gasteiger partial charge < -0.3 is 9.47 Å². The first-order chi connectivity index (χ1) is 11.3. The minimum atomic E-state index is -0.481. The molecular formula is C19H13NO3. The number of esters is 1. The fraction of sp³-hybridized carbons (Fsp3) is 0.0526. The molecule has 0 saturated carbocycles. The van der Waals surface area contributed by atoms with E-state index in [0.29, 0.717) is 17.1 Å². The summed E-state index contributed by atoms with van der Waals surface area (Å²) >= 11 is 0. The highest BCUT2D eigenvalue weighted by molar-refractivity contribution is 5.90. The normalized spacial score (nSPS) is 10.0. The summed E-state index contributed by atoms with van der Waals surface area (Å²) in [5, 5.41) is 10.6. The number of nitriles is 1. The van der Waals surface area contributed by atoms with Crippen LogP contribution in [0.4, 0.5) is 0 Å². The number of benzene rings is 3. The van der Waals surface area contributed by atoms with E-state index >= 15 is 0 Å². The first-order valence-electron chi connectivity index (χ1n) is 7.08. The van der Waals surface area contributed by atoms with E-state index in [1.165, 1.54) is 0 Å². The van der Waals surface area contributed by atoms with Crippen LogP contribution in [0.5, 0.6) is 11.5 Å². The largest absolute Gasteiger partial charge is 0.482 e.